The first kappa shape index (κ1) is 31.4. The average molecular weight is 510 g/mol. The molecule has 200 valence electrons. The quantitative estimate of drug-likeness (QED) is 0.117. The molecule has 1 aromatic carbocycles. The van der Waals surface area contributed by atoms with Crippen molar-refractivity contribution >= 4 is 19.2 Å². The molecule has 0 heterocycles. The van der Waals surface area contributed by atoms with Crippen LogP contribution < -0.4 is 16.0 Å². The Kier molecular flexibility index (Phi) is 15.2. The van der Waals surface area contributed by atoms with E-state index in [9.17, 15) is 9.36 Å². The van der Waals surface area contributed by atoms with Crippen LogP contribution in [0.15, 0.2) is 30.8 Å². The van der Waals surface area contributed by atoms with Crippen molar-refractivity contribution in [2.75, 3.05) is 25.8 Å². The zero-order chi connectivity index (χ0) is 26.2. The van der Waals surface area contributed by atoms with E-state index in [2.05, 4.69) is 28.6 Å². The summed E-state index contributed by atoms with van der Waals surface area (Å²) in [5.74, 6) is 0. The van der Waals surface area contributed by atoms with Crippen molar-refractivity contribution in [1.82, 2.24) is 16.0 Å². The third-order valence-electron chi connectivity index (χ3n) is 6.15. The molecule has 0 bridgehead atoms. The number of carbonyl (C=O) groups is 1. The molecule has 0 radical (unpaired) electrons. The van der Waals surface area contributed by atoms with E-state index in [1.165, 1.54) is 38.5 Å². The van der Waals surface area contributed by atoms with Crippen molar-refractivity contribution in [3.63, 3.8) is 0 Å². The van der Waals surface area contributed by atoms with E-state index in [0.717, 1.165) is 48.9 Å². The highest BCUT2D eigenvalue weighted by Gasteiger charge is 2.23. The molecule has 5 N–H and O–H groups in total. The number of urea groups is 1. The van der Waals surface area contributed by atoms with Gasteiger partial charge in [0, 0.05) is 13.1 Å². The van der Waals surface area contributed by atoms with Crippen LogP contribution in [0.2, 0.25) is 0 Å². The zero-order valence-electron chi connectivity index (χ0n) is 22.1. The Morgan fingerprint density at radius 3 is 2.00 bits per heavy atom. The highest BCUT2D eigenvalue weighted by molar-refractivity contribution is 7.51. The van der Waals surface area contributed by atoms with Crippen molar-refractivity contribution in [3.05, 3.63) is 42.0 Å². The van der Waals surface area contributed by atoms with Gasteiger partial charge in [-0.05, 0) is 57.4 Å². The summed E-state index contributed by atoms with van der Waals surface area (Å²) in [6.45, 7) is 11.9. The molecular weight excluding hydrogens is 461 g/mol. The lowest BCUT2D eigenvalue weighted by Crippen LogP contribution is -2.46. The summed E-state index contributed by atoms with van der Waals surface area (Å²) < 4.78 is 10.7. The maximum Gasteiger partial charge on any atom is 0.326 e. The first-order valence-corrected chi connectivity index (χ1v) is 14.9. The third kappa shape index (κ3) is 15.8. The standard InChI is InChI=1S/C27H48N3O4P/c1-23(2)24-16-15-17-25(22-24)27(3,4)30-26(31)29-19-14-12-10-8-6-5-7-9-11-13-18-28-20-21-35(32,33)34/h15-17,22,28H,1,5-14,18-21H2,2-4H3,(H2,29,30,31)(H2,32,33,34). The maximum absolute atomic E-state index is 12.3. The average Bonchev–Trinajstić information content (AvgIpc) is 2.77. The molecule has 7 nitrogen and oxygen atoms in total. The molecule has 0 unspecified atom stereocenters. The SMILES string of the molecule is C=C(C)c1cccc(C(C)(C)NC(=O)NCCCCCCCCCCCCNCCP(=O)(O)O)c1. The molecule has 0 spiro atoms. The number of unbranched alkanes of at least 4 members (excludes halogenated alkanes) is 9. The Bertz CT molecular complexity index is 807. The van der Waals surface area contributed by atoms with Crippen molar-refractivity contribution in [2.45, 2.75) is 90.5 Å². The lowest BCUT2D eigenvalue weighted by atomic mass is 9.92. The minimum atomic E-state index is -3.87. The minimum Gasteiger partial charge on any atom is -0.338 e. The fourth-order valence-corrected chi connectivity index (χ4v) is 4.36. The Balaban J connectivity index is 1.98. The molecule has 0 saturated heterocycles. The molecule has 0 aromatic heterocycles. The fraction of sp³-hybridized carbons (Fsp3) is 0.667. The summed E-state index contributed by atoms with van der Waals surface area (Å²) in [6, 6.07) is 8.01. The van der Waals surface area contributed by atoms with Gasteiger partial charge in [-0.2, -0.15) is 0 Å². The second kappa shape index (κ2) is 16.9. The molecule has 0 atom stereocenters. The van der Waals surface area contributed by atoms with E-state index >= 15 is 0 Å². The molecule has 8 heteroatoms. The second-order valence-corrected chi connectivity index (χ2v) is 11.8. The number of carbonyl (C=O) groups excluding carboxylic acids is 1. The van der Waals surface area contributed by atoms with Crippen LogP contribution in [0, 0.1) is 0 Å². The van der Waals surface area contributed by atoms with Gasteiger partial charge in [0.1, 0.15) is 0 Å². The summed E-state index contributed by atoms with van der Waals surface area (Å²) >= 11 is 0. The maximum atomic E-state index is 12.3. The largest absolute Gasteiger partial charge is 0.338 e. The van der Waals surface area contributed by atoms with Gasteiger partial charge in [0.15, 0.2) is 0 Å². The summed E-state index contributed by atoms with van der Waals surface area (Å²) in [5.41, 5.74) is 2.69. The molecule has 0 saturated carbocycles. The van der Waals surface area contributed by atoms with E-state index in [4.69, 9.17) is 9.79 Å². The molecule has 2 amide bonds. The number of nitrogens with one attached hydrogen (secondary N) is 3. The van der Waals surface area contributed by atoms with E-state index in [-0.39, 0.29) is 12.2 Å². The highest BCUT2D eigenvalue weighted by atomic mass is 31.2. The van der Waals surface area contributed by atoms with Gasteiger partial charge in [0.25, 0.3) is 0 Å². The lowest BCUT2D eigenvalue weighted by Gasteiger charge is -2.27. The van der Waals surface area contributed by atoms with Crippen molar-refractivity contribution in [1.29, 1.82) is 0 Å². The number of hydrogen-bond acceptors (Lipinski definition) is 3. The Hall–Kier alpha value is -1.66. The smallest absolute Gasteiger partial charge is 0.326 e. The predicted molar refractivity (Wildman–Crippen MR) is 147 cm³/mol. The number of hydrogen-bond donors (Lipinski definition) is 5. The number of allylic oxidation sites excluding steroid dienone is 1. The minimum absolute atomic E-state index is 0.0838. The van der Waals surface area contributed by atoms with E-state index in [0.29, 0.717) is 13.1 Å². The van der Waals surface area contributed by atoms with Gasteiger partial charge in [-0.3, -0.25) is 4.57 Å². The Morgan fingerprint density at radius 2 is 1.46 bits per heavy atom. The van der Waals surface area contributed by atoms with Crippen LogP contribution in [-0.4, -0.2) is 41.6 Å². The number of benzene rings is 1. The molecule has 35 heavy (non-hydrogen) atoms. The number of rotatable bonds is 19. The lowest BCUT2D eigenvalue weighted by molar-refractivity contribution is 0.229. The number of amides is 2. The molecule has 0 aliphatic rings. The molecule has 1 rings (SSSR count). The van der Waals surface area contributed by atoms with Crippen LogP contribution in [0.5, 0.6) is 0 Å². The third-order valence-corrected chi connectivity index (χ3v) is 6.96. The van der Waals surface area contributed by atoms with Gasteiger partial charge in [-0.1, -0.05) is 81.7 Å². The van der Waals surface area contributed by atoms with Crippen LogP contribution in [0.1, 0.15) is 96.1 Å². The first-order valence-electron chi connectivity index (χ1n) is 13.1. The molecular formula is C27H48N3O4P. The van der Waals surface area contributed by atoms with Gasteiger partial charge in [0.2, 0.25) is 0 Å². The molecule has 0 fully saturated rings. The van der Waals surface area contributed by atoms with E-state index in [1.807, 2.05) is 39.0 Å². The predicted octanol–water partition coefficient (Wildman–Crippen LogP) is 5.92. The van der Waals surface area contributed by atoms with Gasteiger partial charge < -0.3 is 25.7 Å². The van der Waals surface area contributed by atoms with Crippen LogP contribution in [-0.2, 0) is 10.1 Å². The highest BCUT2D eigenvalue weighted by Crippen LogP contribution is 2.32. The van der Waals surface area contributed by atoms with Crippen LogP contribution in [0.3, 0.4) is 0 Å². The summed E-state index contributed by atoms with van der Waals surface area (Å²) in [7, 11) is -3.87. The topological polar surface area (TPSA) is 111 Å². The van der Waals surface area contributed by atoms with Gasteiger partial charge in [-0.15, -0.1) is 0 Å². The second-order valence-electron chi connectivity index (χ2n) is 10.0. The molecule has 0 aliphatic heterocycles. The summed E-state index contributed by atoms with van der Waals surface area (Å²) in [6.07, 6.45) is 11.7. The summed E-state index contributed by atoms with van der Waals surface area (Å²) in [4.78, 5) is 29.9. The summed E-state index contributed by atoms with van der Waals surface area (Å²) in [5, 5.41) is 9.15. The van der Waals surface area contributed by atoms with E-state index in [1.54, 1.807) is 0 Å². The van der Waals surface area contributed by atoms with Crippen LogP contribution in [0.25, 0.3) is 5.57 Å². The van der Waals surface area contributed by atoms with Crippen LogP contribution in [0.4, 0.5) is 4.79 Å². The first-order chi connectivity index (χ1) is 16.5. The normalized spacial score (nSPS) is 11.9. The van der Waals surface area contributed by atoms with Crippen molar-refractivity contribution in [3.8, 4) is 0 Å². The van der Waals surface area contributed by atoms with Crippen molar-refractivity contribution < 1.29 is 19.1 Å². The fourth-order valence-electron chi connectivity index (χ4n) is 3.91. The Morgan fingerprint density at radius 1 is 0.914 bits per heavy atom. The Labute approximate surface area is 212 Å². The van der Waals surface area contributed by atoms with E-state index < -0.39 is 13.1 Å². The monoisotopic (exact) mass is 509 g/mol. The van der Waals surface area contributed by atoms with Crippen LogP contribution >= 0.6 is 7.60 Å². The molecule has 0 aliphatic carbocycles. The zero-order valence-corrected chi connectivity index (χ0v) is 23.0. The van der Waals surface area contributed by atoms with Gasteiger partial charge >= 0.3 is 13.6 Å². The van der Waals surface area contributed by atoms with Crippen molar-refractivity contribution in [2.24, 2.45) is 0 Å². The van der Waals surface area contributed by atoms with Gasteiger partial charge in [0.05, 0.1) is 11.7 Å². The molecule has 1 aromatic rings. The van der Waals surface area contributed by atoms with Gasteiger partial charge in [-0.25, -0.2) is 4.79 Å².